The third kappa shape index (κ3) is 1.61. The molecule has 1 aromatic carbocycles. The maximum Gasteiger partial charge on any atom is 0.182 e. The summed E-state index contributed by atoms with van der Waals surface area (Å²) in [6.07, 6.45) is 2.14. The second kappa shape index (κ2) is 3.89. The molecule has 0 bridgehead atoms. The zero-order valence-corrected chi connectivity index (χ0v) is 10.6. The van der Waals surface area contributed by atoms with Gasteiger partial charge in [-0.1, -0.05) is 18.2 Å². The average molecular weight is 243 g/mol. The minimum atomic E-state index is 0.952. The van der Waals surface area contributed by atoms with Crippen LogP contribution in [0.4, 0.5) is 5.13 Å². The fourth-order valence-corrected chi connectivity index (χ4v) is 2.73. The van der Waals surface area contributed by atoms with E-state index in [0.29, 0.717) is 0 Å². The van der Waals surface area contributed by atoms with Gasteiger partial charge in [0.15, 0.2) is 5.13 Å². The van der Waals surface area contributed by atoms with E-state index in [1.807, 2.05) is 7.05 Å². The van der Waals surface area contributed by atoms with Gasteiger partial charge in [-0.15, -0.1) is 11.3 Å². The van der Waals surface area contributed by atoms with Crippen LogP contribution in [0.25, 0.3) is 22.2 Å². The number of nitrogens with zero attached hydrogens (tertiary/aromatic N) is 2. The number of nitrogens with one attached hydrogen (secondary N) is 1. The van der Waals surface area contributed by atoms with Crippen LogP contribution in [0.15, 0.2) is 35.8 Å². The smallest absolute Gasteiger partial charge is 0.182 e. The van der Waals surface area contributed by atoms with Crippen molar-refractivity contribution in [3.05, 3.63) is 35.8 Å². The van der Waals surface area contributed by atoms with E-state index in [0.717, 1.165) is 10.8 Å². The minimum absolute atomic E-state index is 0.952. The van der Waals surface area contributed by atoms with Crippen molar-refractivity contribution < 1.29 is 0 Å². The van der Waals surface area contributed by atoms with E-state index in [2.05, 4.69) is 57.8 Å². The maximum absolute atomic E-state index is 4.56. The van der Waals surface area contributed by atoms with Crippen molar-refractivity contribution in [1.29, 1.82) is 0 Å². The van der Waals surface area contributed by atoms with E-state index in [-0.39, 0.29) is 0 Å². The molecule has 0 aliphatic rings. The number of thiazole rings is 1. The Morgan fingerprint density at radius 2 is 2.12 bits per heavy atom. The van der Waals surface area contributed by atoms with Gasteiger partial charge in [0.2, 0.25) is 0 Å². The molecule has 0 unspecified atom stereocenters. The Kier molecular flexibility index (Phi) is 2.37. The maximum atomic E-state index is 4.56. The number of hydrogen-bond donors (Lipinski definition) is 1. The van der Waals surface area contributed by atoms with Gasteiger partial charge < -0.3 is 9.88 Å². The van der Waals surface area contributed by atoms with Gasteiger partial charge in [-0.2, -0.15) is 0 Å². The van der Waals surface area contributed by atoms with Crippen LogP contribution in [-0.4, -0.2) is 16.6 Å². The number of aromatic nitrogens is 2. The molecule has 0 radical (unpaired) electrons. The summed E-state index contributed by atoms with van der Waals surface area (Å²) in [6, 6.07) is 8.40. The molecular weight excluding hydrogens is 230 g/mol. The number of aryl methyl sites for hydroxylation is 1. The van der Waals surface area contributed by atoms with Crippen molar-refractivity contribution in [3.8, 4) is 11.3 Å². The molecule has 0 atom stereocenters. The molecule has 4 heteroatoms. The van der Waals surface area contributed by atoms with Gasteiger partial charge in [-0.05, 0) is 6.07 Å². The molecule has 0 fully saturated rings. The summed E-state index contributed by atoms with van der Waals surface area (Å²) in [5.41, 5.74) is 3.47. The Labute approximate surface area is 104 Å². The van der Waals surface area contributed by atoms with Crippen LogP contribution in [0, 0.1) is 0 Å². The van der Waals surface area contributed by atoms with Crippen LogP contribution in [0.1, 0.15) is 0 Å². The molecular formula is C13H13N3S. The first-order chi connectivity index (χ1) is 8.29. The lowest BCUT2D eigenvalue weighted by Gasteiger charge is -1.94. The quantitative estimate of drug-likeness (QED) is 0.748. The minimum Gasteiger partial charge on any atom is -0.365 e. The van der Waals surface area contributed by atoms with Crippen molar-refractivity contribution in [2.45, 2.75) is 0 Å². The molecule has 0 saturated heterocycles. The summed E-state index contributed by atoms with van der Waals surface area (Å²) in [5, 5.41) is 7.37. The Morgan fingerprint density at radius 1 is 1.29 bits per heavy atom. The number of benzene rings is 1. The second-order valence-electron chi connectivity index (χ2n) is 3.96. The van der Waals surface area contributed by atoms with E-state index in [9.17, 15) is 0 Å². The molecule has 2 aromatic heterocycles. The standard InChI is InChI=1S/C13H13N3S/c1-14-13-15-11(8-17-13)10-7-16(2)12-6-4-3-5-9(10)12/h3-8H,1-2H3,(H,14,15). The third-order valence-corrected chi connectivity index (χ3v) is 3.75. The van der Waals surface area contributed by atoms with E-state index < -0.39 is 0 Å². The normalized spacial score (nSPS) is 10.9. The van der Waals surface area contributed by atoms with E-state index in [1.54, 1.807) is 11.3 Å². The van der Waals surface area contributed by atoms with Crippen LogP contribution in [0.5, 0.6) is 0 Å². The van der Waals surface area contributed by atoms with E-state index >= 15 is 0 Å². The van der Waals surface area contributed by atoms with E-state index in [4.69, 9.17) is 0 Å². The van der Waals surface area contributed by atoms with Gasteiger partial charge in [0.1, 0.15) is 0 Å². The second-order valence-corrected chi connectivity index (χ2v) is 4.82. The van der Waals surface area contributed by atoms with Gasteiger partial charge in [-0.25, -0.2) is 4.98 Å². The summed E-state index contributed by atoms with van der Waals surface area (Å²) in [5.74, 6) is 0. The molecule has 3 aromatic rings. The number of anilines is 1. The number of fused-ring (bicyclic) bond motifs is 1. The highest BCUT2D eigenvalue weighted by Crippen LogP contribution is 2.31. The first kappa shape index (κ1) is 10.4. The third-order valence-electron chi connectivity index (χ3n) is 2.89. The summed E-state index contributed by atoms with van der Waals surface area (Å²) in [6.45, 7) is 0. The fraction of sp³-hybridized carbons (Fsp3) is 0.154. The molecule has 3 nitrogen and oxygen atoms in total. The van der Waals surface area contributed by atoms with Gasteiger partial charge >= 0.3 is 0 Å². The zero-order chi connectivity index (χ0) is 11.8. The van der Waals surface area contributed by atoms with Crippen LogP contribution in [-0.2, 0) is 7.05 Å². The van der Waals surface area contributed by atoms with Gasteiger partial charge in [0.25, 0.3) is 0 Å². The molecule has 86 valence electrons. The molecule has 0 aliphatic carbocycles. The highest BCUT2D eigenvalue weighted by molar-refractivity contribution is 7.14. The molecule has 2 heterocycles. The van der Waals surface area contributed by atoms with Crippen molar-refractivity contribution in [3.63, 3.8) is 0 Å². The topological polar surface area (TPSA) is 29.9 Å². The first-order valence-electron chi connectivity index (χ1n) is 5.47. The number of hydrogen-bond acceptors (Lipinski definition) is 3. The Bertz CT molecular complexity index is 666. The Balaban J connectivity index is 2.23. The Morgan fingerprint density at radius 3 is 2.88 bits per heavy atom. The van der Waals surface area contributed by atoms with E-state index in [1.165, 1.54) is 16.5 Å². The highest BCUT2D eigenvalue weighted by atomic mass is 32.1. The lowest BCUT2D eigenvalue weighted by Crippen LogP contribution is -1.85. The van der Waals surface area contributed by atoms with Crippen molar-refractivity contribution >= 4 is 27.4 Å². The fourth-order valence-electron chi connectivity index (χ4n) is 2.06. The van der Waals surface area contributed by atoms with Crippen molar-refractivity contribution in [2.24, 2.45) is 7.05 Å². The summed E-state index contributed by atoms with van der Waals surface area (Å²) >= 11 is 1.63. The Hall–Kier alpha value is -1.81. The monoisotopic (exact) mass is 243 g/mol. The first-order valence-corrected chi connectivity index (χ1v) is 6.35. The molecule has 0 saturated carbocycles. The van der Waals surface area contributed by atoms with Crippen LogP contribution in [0.2, 0.25) is 0 Å². The number of rotatable bonds is 2. The zero-order valence-electron chi connectivity index (χ0n) is 9.77. The molecule has 0 spiro atoms. The summed E-state index contributed by atoms with van der Waals surface area (Å²) < 4.78 is 2.14. The van der Waals surface area contributed by atoms with Crippen molar-refractivity contribution in [1.82, 2.24) is 9.55 Å². The van der Waals surface area contributed by atoms with Crippen LogP contribution in [0.3, 0.4) is 0 Å². The molecule has 1 N–H and O–H groups in total. The average Bonchev–Trinajstić information content (AvgIpc) is 2.95. The highest BCUT2D eigenvalue weighted by Gasteiger charge is 2.10. The SMILES string of the molecule is CNc1nc(-c2cn(C)c3ccccc23)cs1. The summed E-state index contributed by atoms with van der Waals surface area (Å²) in [7, 11) is 3.96. The predicted octanol–water partition coefficient (Wildman–Crippen LogP) is 3.34. The van der Waals surface area contributed by atoms with Gasteiger partial charge in [-0.3, -0.25) is 0 Å². The molecule has 3 rings (SSSR count). The summed E-state index contributed by atoms with van der Waals surface area (Å²) in [4.78, 5) is 4.56. The van der Waals surface area contributed by atoms with Gasteiger partial charge in [0.05, 0.1) is 5.69 Å². The van der Waals surface area contributed by atoms with Crippen molar-refractivity contribution in [2.75, 3.05) is 12.4 Å². The predicted molar refractivity (Wildman–Crippen MR) is 73.6 cm³/mol. The van der Waals surface area contributed by atoms with Crippen LogP contribution >= 0.6 is 11.3 Å². The lowest BCUT2D eigenvalue weighted by molar-refractivity contribution is 0.970. The molecule has 0 amide bonds. The molecule has 0 aliphatic heterocycles. The molecule has 17 heavy (non-hydrogen) atoms. The lowest BCUT2D eigenvalue weighted by atomic mass is 10.1. The number of para-hydroxylation sites is 1. The largest absolute Gasteiger partial charge is 0.365 e. The van der Waals surface area contributed by atoms with Gasteiger partial charge in [0, 0.05) is 42.1 Å². The van der Waals surface area contributed by atoms with Crippen LogP contribution < -0.4 is 5.32 Å².